The van der Waals surface area contributed by atoms with Crippen LogP contribution in [0, 0.1) is 0 Å². The summed E-state index contributed by atoms with van der Waals surface area (Å²) in [5.74, 6) is -3.81. The topological polar surface area (TPSA) is 76.5 Å². The molecule has 0 aliphatic rings. The highest BCUT2D eigenvalue weighted by Gasteiger charge is 2.34. The van der Waals surface area contributed by atoms with Crippen LogP contribution in [0.1, 0.15) is 27.5 Å². The van der Waals surface area contributed by atoms with Gasteiger partial charge in [0, 0.05) is 6.20 Å². The second kappa shape index (κ2) is 6.69. The van der Waals surface area contributed by atoms with Gasteiger partial charge in [-0.1, -0.05) is 12.1 Å². The number of methoxy groups -OCH3 is 1. The third-order valence-corrected chi connectivity index (χ3v) is 3.29. The molecule has 1 atom stereocenters. The van der Waals surface area contributed by atoms with Crippen molar-refractivity contribution in [2.45, 2.75) is 12.1 Å². The highest BCUT2D eigenvalue weighted by atomic mass is 19.4. The number of esters is 1. The molecule has 0 saturated heterocycles. The van der Waals surface area contributed by atoms with Gasteiger partial charge in [0.2, 0.25) is 5.78 Å². The van der Waals surface area contributed by atoms with E-state index in [9.17, 15) is 27.9 Å². The van der Waals surface area contributed by atoms with Gasteiger partial charge in [-0.05, 0) is 29.8 Å². The van der Waals surface area contributed by atoms with Gasteiger partial charge in [-0.15, -0.1) is 0 Å². The molecular formula is C16H12F3NO4. The zero-order valence-corrected chi connectivity index (χ0v) is 12.4. The fraction of sp³-hybridized carbons (Fsp3) is 0.188. The van der Waals surface area contributed by atoms with E-state index in [1.165, 1.54) is 18.3 Å². The standard InChI is InChI=1S/C16H12F3NO4/c1-24-15(23)12(14(22)13-11(21)3-2-8-20-13)9-4-6-10(7-5-9)16(17,18)19/h2-8,12,21H,1H3. The number of ether oxygens (including phenoxy) is 1. The summed E-state index contributed by atoms with van der Waals surface area (Å²) in [4.78, 5) is 28.2. The number of ketones is 1. The zero-order chi connectivity index (χ0) is 17.9. The molecule has 1 aromatic carbocycles. The van der Waals surface area contributed by atoms with Gasteiger partial charge in [-0.3, -0.25) is 9.59 Å². The minimum Gasteiger partial charge on any atom is -0.506 e. The van der Waals surface area contributed by atoms with Crippen LogP contribution < -0.4 is 0 Å². The number of rotatable bonds is 4. The molecule has 0 aliphatic carbocycles. The first-order valence-corrected chi connectivity index (χ1v) is 6.69. The van der Waals surface area contributed by atoms with E-state index in [-0.39, 0.29) is 11.3 Å². The summed E-state index contributed by atoms with van der Waals surface area (Å²) in [5, 5.41) is 9.70. The van der Waals surface area contributed by atoms with E-state index in [1.54, 1.807) is 0 Å². The summed E-state index contributed by atoms with van der Waals surface area (Å²) in [5.41, 5.74) is -1.28. The summed E-state index contributed by atoms with van der Waals surface area (Å²) in [6.45, 7) is 0. The van der Waals surface area contributed by atoms with Crippen molar-refractivity contribution < 1.29 is 32.6 Å². The number of hydrogen-bond donors (Lipinski definition) is 1. The molecule has 1 heterocycles. The van der Waals surface area contributed by atoms with Crippen molar-refractivity contribution in [1.82, 2.24) is 4.98 Å². The maximum absolute atomic E-state index is 12.6. The van der Waals surface area contributed by atoms with Gasteiger partial charge in [0.05, 0.1) is 12.7 Å². The average Bonchev–Trinajstić information content (AvgIpc) is 2.54. The largest absolute Gasteiger partial charge is 0.506 e. The molecule has 24 heavy (non-hydrogen) atoms. The minimum absolute atomic E-state index is 0.00454. The molecule has 2 rings (SSSR count). The summed E-state index contributed by atoms with van der Waals surface area (Å²) in [6, 6.07) is 6.15. The van der Waals surface area contributed by atoms with Crippen molar-refractivity contribution in [2.75, 3.05) is 7.11 Å². The number of hydrogen-bond acceptors (Lipinski definition) is 5. The fourth-order valence-corrected chi connectivity index (χ4v) is 2.10. The lowest BCUT2D eigenvalue weighted by molar-refractivity contribution is -0.141. The molecule has 0 saturated carbocycles. The first kappa shape index (κ1) is 17.5. The van der Waals surface area contributed by atoms with Gasteiger partial charge in [0.25, 0.3) is 0 Å². The Morgan fingerprint density at radius 1 is 1.17 bits per heavy atom. The Morgan fingerprint density at radius 3 is 2.29 bits per heavy atom. The molecule has 1 N–H and O–H groups in total. The van der Waals surface area contributed by atoms with Crippen molar-refractivity contribution in [1.29, 1.82) is 0 Å². The van der Waals surface area contributed by atoms with E-state index in [4.69, 9.17) is 0 Å². The second-order valence-electron chi connectivity index (χ2n) is 4.81. The van der Waals surface area contributed by atoms with Crippen LogP contribution in [0.2, 0.25) is 0 Å². The Morgan fingerprint density at radius 2 is 1.79 bits per heavy atom. The van der Waals surface area contributed by atoms with E-state index < -0.39 is 35.2 Å². The highest BCUT2D eigenvalue weighted by Crippen LogP contribution is 2.31. The average molecular weight is 339 g/mol. The quantitative estimate of drug-likeness (QED) is 0.526. The number of aromatic nitrogens is 1. The number of Topliss-reactive ketones (excluding diaryl/α,β-unsaturated/α-hetero) is 1. The molecule has 5 nitrogen and oxygen atoms in total. The van der Waals surface area contributed by atoms with Gasteiger partial charge in [0.15, 0.2) is 0 Å². The molecule has 0 aliphatic heterocycles. The van der Waals surface area contributed by atoms with Crippen LogP contribution in [-0.4, -0.2) is 29.0 Å². The molecule has 0 spiro atoms. The summed E-state index contributed by atoms with van der Waals surface area (Å²) in [7, 11) is 1.05. The van der Waals surface area contributed by atoms with Crippen LogP contribution in [0.3, 0.4) is 0 Å². The molecule has 1 aromatic heterocycles. The predicted molar refractivity (Wildman–Crippen MR) is 76.4 cm³/mol. The number of benzene rings is 1. The first-order valence-electron chi connectivity index (χ1n) is 6.69. The number of halogens is 3. The van der Waals surface area contributed by atoms with Crippen LogP contribution in [0.5, 0.6) is 5.75 Å². The SMILES string of the molecule is COC(=O)C(C(=O)c1ncccc1O)c1ccc(C(F)(F)F)cc1. The molecule has 0 amide bonds. The first-order chi connectivity index (χ1) is 11.3. The highest BCUT2D eigenvalue weighted by molar-refractivity contribution is 6.13. The number of aromatic hydroxyl groups is 1. The van der Waals surface area contributed by atoms with Gasteiger partial charge in [-0.2, -0.15) is 13.2 Å². The Hall–Kier alpha value is -2.90. The molecular weight excluding hydrogens is 327 g/mol. The van der Waals surface area contributed by atoms with Crippen molar-refractivity contribution in [3.05, 3.63) is 59.4 Å². The summed E-state index contributed by atoms with van der Waals surface area (Å²) in [6.07, 6.45) is -3.30. The van der Waals surface area contributed by atoms with Crippen LogP contribution in [0.4, 0.5) is 13.2 Å². The Labute approximate surface area is 134 Å². The predicted octanol–water partition coefficient (Wildman–Crippen LogP) is 2.95. The number of nitrogens with zero attached hydrogens (tertiary/aromatic N) is 1. The normalized spacial score (nSPS) is 12.5. The number of carbonyl (C=O) groups is 2. The summed E-state index contributed by atoms with van der Waals surface area (Å²) >= 11 is 0. The van der Waals surface area contributed by atoms with Crippen molar-refractivity contribution >= 4 is 11.8 Å². The molecule has 0 bridgehead atoms. The number of pyridine rings is 1. The van der Waals surface area contributed by atoms with Crippen LogP contribution in [0.25, 0.3) is 0 Å². The van der Waals surface area contributed by atoms with Gasteiger partial charge >= 0.3 is 12.1 Å². The molecule has 126 valence electrons. The lowest BCUT2D eigenvalue weighted by Gasteiger charge is -2.15. The Balaban J connectivity index is 2.45. The summed E-state index contributed by atoms with van der Waals surface area (Å²) < 4.78 is 42.4. The third-order valence-electron chi connectivity index (χ3n) is 3.29. The molecule has 1 unspecified atom stereocenters. The smallest absolute Gasteiger partial charge is 0.416 e. The van der Waals surface area contributed by atoms with Gasteiger partial charge in [-0.25, -0.2) is 4.98 Å². The number of carbonyl (C=O) groups excluding carboxylic acids is 2. The third kappa shape index (κ3) is 3.53. The van der Waals surface area contributed by atoms with Crippen LogP contribution >= 0.6 is 0 Å². The molecule has 0 fully saturated rings. The maximum Gasteiger partial charge on any atom is 0.416 e. The maximum atomic E-state index is 12.6. The minimum atomic E-state index is -4.54. The Kier molecular flexibility index (Phi) is 4.87. The lowest BCUT2D eigenvalue weighted by atomic mass is 9.91. The molecule has 2 aromatic rings. The molecule has 0 radical (unpaired) electrons. The lowest BCUT2D eigenvalue weighted by Crippen LogP contribution is -2.24. The van der Waals surface area contributed by atoms with E-state index in [0.717, 1.165) is 31.4 Å². The fourth-order valence-electron chi connectivity index (χ4n) is 2.10. The van der Waals surface area contributed by atoms with E-state index >= 15 is 0 Å². The van der Waals surface area contributed by atoms with E-state index in [2.05, 4.69) is 9.72 Å². The van der Waals surface area contributed by atoms with Crippen molar-refractivity contribution in [3.8, 4) is 5.75 Å². The van der Waals surface area contributed by atoms with Crippen LogP contribution in [-0.2, 0) is 15.7 Å². The second-order valence-corrected chi connectivity index (χ2v) is 4.81. The van der Waals surface area contributed by atoms with Gasteiger partial charge < -0.3 is 9.84 Å². The molecule has 8 heteroatoms. The number of alkyl halides is 3. The van der Waals surface area contributed by atoms with E-state index in [1.807, 2.05) is 0 Å². The zero-order valence-electron chi connectivity index (χ0n) is 12.4. The Bertz CT molecular complexity index is 757. The van der Waals surface area contributed by atoms with Gasteiger partial charge in [0.1, 0.15) is 17.4 Å². The van der Waals surface area contributed by atoms with Crippen molar-refractivity contribution in [2.24, 2.45) is 0 Å². The van der Waals surface area contributed by atoms with E-state index in [0.29, 0.717) is 0 Å². The van der Waals surface area contributed by atoms with Crippen LogP contribution in [0.15, 0.2) is 42.6 Å². The van der Waals surface area contributed by atoms with Crippen molar-refractivity contribution in [3.63, 3.8) is 0 Å². The monoisotopic (exact) mass is 339 g/mol.